The second kappa shape index (κ2) is 6.46. The third kappa shape index (κ3) is 2.93. The summed E-state index contributed by atoms with van der Waals surface area (Å²) in [5.41, 5.74) is 0.746. The highest BCUT2D eigenvalue weighted by molar-refractivity contribution is 5.89. The molecule has 0 bridgehead atoms. The normalized spacial score (nSPS) is 34.4. The molecule has 3 nitrogen and oxygen atoms in total. The van der Waals surface area contributed by atoms with Gasteiger partial charge in [-0.25, -0.2) is 4.79 Å². The van der Waals surface area contributed by atoms with Crippen LogP contribution in [-0.4, -0.2) is 18.4 Å². The van der Waals surface area contributed by atoms with E-state index in [2.05, 4.69) is 6.92 Å². The fraction of sp³-hybridized carbons (Fsp3) is 0.600. The molecule has 3 rings (SSSR count). The third-order valence-electron chi connectivity index (χ3n) is 6.25. The lowest BCUT2D eigenvalue weighted by Gasteiger charge is -2.45. The van der Waals surface area contributed by atoms with Gasteiger partial charge in [0.2, 0.25) is 0 Å². The molecule has 5 atom stereocenters. The van der Waals surface area contributed by atoms with E-state index < -0.39 is 0 Å². The Bertz CT molecular complexity index is 568. The Balaban J connectivity index is 1.75. The van der Waals surface area contributed by atoms with Crippen molar-refractivity contribution in [2.24, 2.45) is 23.2 Å². The van der Waals surface area contributed by atoms with Crippen LogP contribution in [0, 0.1) is 23.2 Å². The Morgan fingerprint density at radius 1 is 1.26 bits per heavy atom. The van der Waals surface area contributed by atoms with Crippen molar-refractivity contribution in [3.05, 3.63) is 35.9 Å². The van der Waals surface area contributed by atoms with Crippen LogP contribution in [0.2, 0.25) is 0 Å². The Labute approximate surface area is 138 Å². The smallest absolute Gasteiger partial charge is 0.338 e. The van der Waals surface area contributed by atoms with Crippen molar-refractivity contribution in [3.63, 3.8) is 0 Å². The first-order valence-electron chi connectivity index (χ1n) is 8.77. The molecule has 1 aromatic carbocycles. The van der Waals surface area contributed by atoms with Crippen LogP contribution >= 0.6 is 0 Å². The fourth-order valence-corrected chi connectivity index (χ4v) is 5.04. The maximum Gasteiger partial charge on any atom is 0.338 e. The molecule has 0 spiro atoms. The summed E-state index contributed by atoms with van der Waals surface area (Å²) in [5.74, 6) is 0.680. The number of ether oxygens (including phenoxy) is 1. The van der Waals surface area contributed by atoms with E-state index in [9.17, 15) is 9.59 Å². The van der Waals surface area contributed by atoms with E-state index in [1.807, 2.05) is 25.1 Å². The van der Waals surface area contributed by atoms with E-state index in [-0.39, 0.29) is 23.4 Å². The minimum atomic E-state index is -0.216. The van der Waals surface area contributed by atoms with Crippen molar-refractivity contribution >= 4 is 12.3 Å². The van der Waals surface area contributed by atoms with Crippen LogP contribution in [0.4, 0.5) is 0 Å². The molecule has 0 aromatic heterocycles. The number of hydrogen-bond acceptors (Lipinski definition) is 3. The molecule has 0 aliphatic heterocycles. The van der Waals surface area contributed by atoms with Crippen molar-refractivity contribution in [1.29, 1.82) is 0 Å². The highest BCUT2D eigenvalue weighted by Crippen LogP contribution is 2.58. The van der Waals surface area contributed by atoms with Gasteiger partial charge >= 0.3 is 5.97 Å². The second-order valence-corrected chi connectivity index (χ2v) is 7.49. The average molecular weight is 314 g/mol. The Hall–Kier alpha value is -1.64. The summed E-state index contributed by atoms with van der Waals surface area (Å²) in [7, 11) is 0. The number of hydrogen-bond donors (Lipinski definition) is 0. The predicted octanol–water partition coefficient (Wildman–Crippen LogP) is 4.26. The molecule has 124 valence electrons. The highest BCUT2D eigenvalue weighted by atomic mass is 16.5. The molecule has 2 saturated carbocycles. The summed E-state index contributed by atoms with van der Waals surface area (Å²) in [5, 5.41) is 0. The van der Waals surface area contributed by atoms with Crippen molar-refractivity contribution in [2.45, 2.75) is 52.1 Å². The molecule has 2 fully saturated rings. The zero-order valence-electron chi connectivity index (χ0n) is 14.0. The molecule has 2 aliphatic carbocycles. The standard InChI is InChI=1S/C20H26O3/c1-14(13-21)16-10-11-17-18(9-6-12-20(16,17)2)23-19(22)15-7-4-3-5-8-15/h3-5,7-8,13-14,16-18H,6,9-12H2,1-2H3/t14-,16?,17+,18+,20-/m1/s1. The van der Waals surface area contributed by atoms with Gasteiger partial charge in [0.25, 0.3) is 0 Å². The zero-order valence-corrected chi connectivity index (χ0v) is 14.0. The quantitative estimate of drug-likeness (QED) is 0.616. The van der Waals surface area contributed by atoms with E-state index in [4.69, 9.17) is 4.74 Å². The topological polar surface area (TPSA) is 43.4 Å². The van der Waals surface area contributed by atoms with Gasteiger partial charge in [0.15, 0.2) is 0 Å². The number of aldehydes is 1. The SMILES string of the molecule is C[C@H](C=O)C1CC[C@H]2[C@@H](OC(=O)c3ccccc3)CCC[C@]12C. The number of fused-ring (bicyclic) bond motifs is 1. The number of esters is 1. The summed E-state index contributed by atoms with van der Waals surface area (Å²) in [6.45, 7) is 4.34. The predicted molar refractivity (Wildman–Crippen MR) is 89.0 cm³/mol. The van der Waals surface area contributed by atoms with Crippen LogP contribution in [0.5, 0.6) is 0 Å². The van der Waals surface area contributed by atoms with Crippen LogP contribution in [0.15, 0.2) is 30.3 Å². The van der Waals surface area contributed by atoms with E-state index in [1.165, 1.54) is 0 Å². The number of carbonyl (C=O) groups excluding carboxylic acids is 2. The lowest BCUT2D eigenvalue weighted by atomic mass is 9.62. The molecule has 0 N–H and O–H groups in total. The van der Waals surface area contributed by atoms with E-state index >= 15 is 0 Å². The number of benzene rings is 1. The van der Waals surface area contributed by atoms with Crippen molar-refractivity contribution < 1.29 is 14.3 Å². The van der Waals surface area contributed by atoms with Gasteiger partial charge in [0, 0.05) is 11.8 Å². The molecule has 0 radical (unpaired) electrons. The van der Waals surface area contributed by atoms with Crippen LogP contribution in [-0.2, 0) is 9.53 Å². The minimum Gasteiger partial charge on any atom is -0.458 e. The van der Waals surface area contributed by atoms with Gasteiger partial charge in [-0.1, -0.05) is 32.0 Å². The summed E-state index contributed by atoms with van der Waals surface area (Å²) in [4.78, 5) is 23.7. The van der Waals surface area contributed by atoms with Gasteiger partial charge in [-0.3, -0.25) is 0 Å². The lowest BCUT2D eigenvalue weighted by molar-refractivity contribution is -0.114. The molecular weight excluding hydrogens is 288 g/mol. The third-order valence-corrected chi connectivity index (χ3v) is 6.25. The Morgan fingerprint density at radius 2 is 2.00 bits per heavy atom. The highest BCUT2D eigenvalue weighted by Gasteiger charge is 2.53. The van der Waals surface area contributed by atoms with Gasteiger partial charge in [0.1, 0.15) is 12.4 Å². The zero-order chi connectivity index (χ0) is 16.4. The average Bonchev–Trinajstić information content (AvgIpc) is 2.93. The first kappa shape index (κ1) is 16.2. The molecule has 3 heteroatoms. The molecule has 23 heavy (non-hydrogen) atoms. The van der Waals surface area contributed by atoms with Crippen LogP contribution < -0.4 is 0 Å². The maximum atomic E-state index is 12.4. The van der Waals surface area contributed by atoms with Gasteiger partial charge < -0.3 is 9.53 Å². The van der Waals surface area contributed by atoms with Crippen LogP contribution in [0.25, 0.3) is 0 Å². The van der Waals surface area contributed by atoms with Crippen molar-refractivity contribution in [1.82, 2.24) is 0 Å². The van der Waals surface area contributed by atoms with Gasteiger partial charge in [-0.05, 0) is 55.6 Å². The van der Waals surface area contributed by atoms with E-state index in [0.717, 1.165) is 38.4 Å². The molecule has 0 heterocycles. The van der Waals surface area contributed by atoms with Gasteiger partial charge in [0.05, 0.1) is 5.56 Å². The van der Waals surface area contributed by atoms with Gasteiger partial charge in [-0.2, -0.15) is 0 Å². The molecule has 2 aliphatic rings. The molecule has 0 saturated heterocycles. The molecule has 0 amide bonds. The summed E-state index contributed by atoms with van der Waals surface area (Å²) in [6, 6.07) is 9.22. The largest absolute Gasteiger partial charge is 0.458 e. The first-order chi connectivity index (χ1) is 11.1. The van der Waals surface area contributed by atoms with Crippen LogP contribution in [0.1, 0.15) is 56.3 Å². The molecule has 1 aromatic rings. The molecular formula is C20H26O3. The monoisotopic (exact) mass is 314 g/mol. The first-order valence-corrected chi connectivity index (χ1v) is 8.77. The van der Waals surface area contributed by atoms with Crippen molar-refractivity contribution in [3.8, 4) is 0 Å². The summed E-state index contributed by atoms with van der Waals surface area (Å²) < 4.78 is 5.89. The van der Waals surface area contributed by atoms with Gasteiger partial charge in [-0.15, -0.1) is 0 Å². The summed E-state index contributed by atoms with van der Waals surface area (Å²) >= 11 is 0. The Morgan fingerprint density at radius 3 is 2.70 bits per heavy atom. The number of rotatable bonds is 4. The molecule has 1 unspecified atom stereocenters. The second-order valence-electron chi connectivity index (χ2n) is 7.49. The number of carbonyl (C=O) groups is 2. The van der Waals surface area contributed by atoms with Crippen molar-refractivity contribution in [2.75, 3.05) is 0 Å². The minimum absolute atomic E-state index is 0.00897. The van der Waals surface area contributed by atoms with E-state index in [0.29, 0.717) is 17.4 Å². The fourth-order valence-electron chi connectivity index (χ4n) is 5.04. The van der Waals surface area contributed by atoms with E-state index in [1.54, 1.807) is 12.1 Å². The summed E-state index contributed by atoms with van der Waals surface area (Å²) in [6.07, 6.45) is 6.37. The Kier molecular flexibility index (Phi) is 4.56. The maximum absolute atomic E-state index is 12.4. The van der Waals surface area contributed by atoms with Crippen LogP contribution in [0.3, 0.4) is 0 Å². The lowest BCUT2D eigenvalue weighted by Crippen LogP contribution is -2.43.